The van der Waals surface area contributed by atoms with Gasteiger partial charge < -0.3 is 0 Å². The molecule has 96 valence electrons. The molecule has 0 saturated heterocycles. The molecule has 1 aliphatic rings. The number of halogens is 3. The van der Waals surface area contributed by atoms with Crippen LogP contribution in [0.15, 0.2) is 24.3 Å². The fourth-order valence-corrected chi connectivity index (χ4v) is 2.14. The van der Waals surface area contributed by atoms with E-state index in [0.29, 0.717) is 11.4 Å². The van der Waals surface area contributed by atoms with Crippen molar-refractivity contribution in [3.05, 3.63) is 34.9 Å². The van der Waals surface area contributed by atoms with Crippen LogP contribution < -0.4 is 10.9 Å². The zero-order valence-corrected chi connectivity index (χ0v) is 11.3. The summed E-state index contributed by atoms with van der Waals surface area (Å²) in [5.74, 6) is -1.41. The molecule has 0 aromatic heterocycles. The van der Waals surface area contributed by atoms with Crippen molar-refractivity contribution in [2.45, 2.75) is 10.8 Å². The number of hydrazine groups is 1. The quantitative estimate of drug-likeness (QED) is 0.650. The highest BCUT2D eigenvalue weighted by Crippen LogP contribution is 2.53. The summed E-state index contributed by atoms with van der Waals surface area (Å²) in [6.07, 6.45) is 0.379. The minimum atomic E-state index is -1.01. The molecule has 0 bridgehead atoms. The fourth-order valence-electron chi connectivity index (χ4n) is 1.42. The number of hydrogen-bond acceptors (Lipinski definition) is 2. The fraction of sp³-hybridized carbons (Fsp3) is 0.273. The van der Waals surface area contributed by atoms with E-state index >= 15 is 0 Å². The zero-order valence-electron chi connectivity index (χ0n) is 9.04. The highest BCUT2D eigenvalue weighted by atomic mass is 35.5. The third-order valence-corrected chi connectivity index (χ3v) is 3.73. The molecule has 7 heteroatoms. The molecule has 0 aliphatic heterocycles. The molecule has 18 heavy (non-hydrogen) atoms. The number of rotatable bonds is 2. The molecule has 1 fully saturated rings. The molecule has 2 N–H and O–H groups in total. The topological polar surface area (TPSA) is 58.2 Å². The van der Waals surface area contributed by atoms with Gasteiger partial charge in [0.05, 0.1) is 16.5 Å². The van der Waals surface area contributed by atoms with Crippen LogP contribution in [0.1, 0.15) is 16.8 Å². The number of carbonyl (C=O) groups excluding carboxylic acids is 2. The highest BCUT2D eigenvalue weighted by Gasteiger charge is 2.56. The van der Waals surface area contributed by atoms with Crippen LogP contribution in [0.5, 0.6) is 0 Å². The summed E-state index contributed by atoms with van der Waals surface area (Å²) < 4.78 is -1.01. The lowest BCUT2D eigenvalue weighted by Crippen LogP contribution is -2.43. The van der Waals surface area contributed by atoms with E-state index in [9.17, 15) is 9.59 Å². The molecule has 2 amide bonds. The lowest BCUT2D eigenvalue weighted by molar-refractivity contribution is -0.123. The second kappa shape index (κ2) is 4.96. The SMILES string of the molecule is O=C(NNC(=O)C1CC1(Cl)Cl)c1ccccc1Cl. The highest BCUT2D eigenvalue weighted by molar-refractivity contribution is 6.52. The van der Waals surface area contributed by atoms with Gasteiger partial charge in [-0.15, -0.1) is 23.2 Å². The van der Waals surface area contributed by atoms with Gasteiger partial charge in [-0.3, -0.25) is 20.4 Å². The standard InChI is InChI=1S/C11H9Cl3N2O2/c12-8-4-2-1-3-6(8)9(17)15-16-10(18)7-5-11(7,13)14/h1-4,7H,5H2,(H,15,17)(H,16,18). The Kier molecular flexibility index (Phi) is 3.71. The van der Waals surface area contributed by atoms with E-state index in [4.69, 9.17) is 34.8 Å². The summed E-state index contributed by atoms with van der Waals surface area (Å²) in [7, 11) is 0. The average Bonchev–Trinajstić information content (AvgIpc) is 2.96. The normalized spacial score (nSPS) is 20.1. The van der Waals surface area contributed by atoms with Crippen LogP contribution in [0.4, 0.5) is 0 Å². The van der Waals surface area contributed by atoms with E-state index in [1.165, 1.54) is 0 Å². The molecule has 1 aliphatic carbocycles. The maximum absolute atomic E-state index is 11.7. The summed E-state index contributed by atoms with van der Waals surface area (Å²) in [6, 6.07) is 6.51. The summed E-state index contributed by atoms with van der Waals surface area (Å²) in [5.41, 5.74) is 4.79. The molecule has 4 nitrogen and oxygen atoms in total. The molecular weight excluding hydrogens is 298 g/mol. The van der Waals surface area contributed by atoms with Gasteiger partial charge in [-0.2, -0.15) is 0 Å². The average molecular weight is 308 g/mol. The minimum Gasteiger partial charge on any atom is -0.273 e. The maximum Gasteiger partial charge on any atom is 0.271 e. The van der Waals surface area contributed by atoms with Crippen molar-refractivity contribution in [2.75, 3.05) is 0 Å². The lowest BCUT2D eigenvalue weighted by Gasteiger charge is -2.08. The molecule has 1 saturated carbocycles. The molecular formula is C11H9Cl3N2O2. The van der Waals surface area contributed by atoms with Crippen LogP contribution in [-0.4, -0.2) is 16.1 Å². The second-order valence-corrected chi connectivity index (χ2v) is 5.89. The van der Waals surface area contributed by atoms with Crippen LogP contribution in [-0.2, 0) is 4.79 Å². The number of amides is 2. The number of benzene rings is 1. The lowest BCUT2D eigenvalue weighted by atomic mass is 10.2. The van der Waals surface area contributed by atoms with Crippen molar-refractivity contribution in [1.82, 2.24) is 10.9 Å². The smallest absolute Gasteiger partial charge is 0.271 e. The summed E-state index contributed by atoms with van der Waals surface area (Å²) >= 11 is 17.3. The van der Waals surface area contributed by atoms with Crippen LogP contribution in [0.2, 0.25) is 5.02 Å². The van der Waals surface area contributed by atoms with Gasteiger partial charge in [0.15, 0.2) is 0 Å². The maximum atomic E-state index is 11.7. The molecule has 1 aromatic carbocycles. The van der Waals surface area contributed by atoms with E-state index in [0.717, 1.165) is 0 Å². The molecule has 1 unspecified atom stereocenters. The van der Waals surface area contributed by atoms with Gasteiger partial charge in [-0.05, 0) is 18.6 Å². The second-order valence-electron chi connectivity index (χ2n) is 3.94. The van der Waals surface area contributed by atoms with E-state index in [2.05, 4.69) is 10.9 Å². The number of alkyl halides is 2. The van der Waals surface area contributed by atoms with Crippen molar-refractivity contribution in [1.29, 1.82) is 0 Å². The van der Waals surface area contributed by atoms with Crippen LogP contribution >= 0.6 is 34.8 Å². The van der Waals surface area contributed by atoms with Gasteiger partial charge in [0.25, 0.3) is 5.91 Å². The van der Waals surface area contributed by atoms with Crippen molar-refractivity contribution in [3.8, 4) is 0 Å². The zero-order chi connectivity index (χ0) is 13.3. The van der Waals surface area contributed by atoms with Gasteiger partial charge in [-0.1, -0.05) is 23.7 Å². The predicted molar refractivity (Wildman–Crippen MR) is 69.6 cm³/mol. The predicted octanol–water partition coefficient (Wildman–Crippen LogP) is 2.29. The third-order valence-electron chi connectivity index (χ3n) is 2.56. The Labute approximate surface area is 119 Å². The first-order chi connectivity index (χ1) is 8.42. The van der Waals surface area contributed by atoms with Crippen molar-refractivity contribution in [2.24, 2.45) is 5.92 Å². The largest absolute Gasteiger partial charge is 0.273 e. The Balaban J connectivity index is 1.90. The molecule has 1 aromatic rings. The number of nitrogens with one attached hydrogen (secondary N) is 2. The van der Waals surface area contributed by atoms with Crippen molar-refractivity contribution < 1.29 is 9.59 Å². The van der Waals surface area contributed by atoms with E-state index in [1.54, 1.807) is 24.3 Å². The molecule has 0 radical (unpaired) electrons. The van der Waals surface area contributed by atoms with Gasteiger partial charge >= 0.3 is 0 Å². The van der Waals surface area contributed by atoms with Gasteiger partial charge in [0.1, 0.15) is 4.33 Å². The molecule has 2 rings (SSSR count). The van der Waals surface area contributed by atoms with Crippen LogP contribution in [0, 0.1) is 5.92 Å². The van der Waals surface area contributed by atoms with Crippen molar-refractivity contribution in [3.63, 3.8) is 0 Å². The first-order valence-electron chi connectivity index (χ1n) is 5.14. The van der Waals surface area contributed by atoms with Crippen molar-refractivity contribution >= 4 is 46.6 Å². The molecule has 1 atom stereocenters. The number of carbonyl (C=O) groups is 2. The van der Waals surface area contributed by atoms with Gasteiger partial charge in [0, 0.05) is 0 Å². The first kappa shape index (κ1) is 13.5. The molecule has 0 spiro atoms. The minimum absolute atomic E-state index is 0.276. The summed E-state index contributed by atoms with van der Waals surface area (Å²) in [5, 5.41) is 0.305. The Bertz CT molecular complexity index is 505. The Hall–Kier alpha value is -0.970. The Morgan fingerprint density at radius 1 is 1.22 bits per heavy atom. The summed E-state index contributed by atoms with van der Waals surface area (Å²) in [4.78, 5) is 23.2. The van der Waals surface area contributed by atoms with Crippen LogP contribution in [0.3, 0.4) is 0 Å². The number of hydrogen-bond donors (Lipinski definition) is 2. The third kappa shape index (κ3) is 2.88. The van der Waals surface area contributed by atoms with Crippen LogP contribution in [0.25, 0.3) is 0 Å². The Morgan fingerprint density at radius 2 is 1.83 bits per heavy atom. The van der Waals surface area contributed by atoms with E-state index in [1.807, 2.05) is 0 Å². The monoisotopic (exact) mass is 306 g/mol. The van der Waals surface area contributed by atoms with Gasteiger partial charge in [-0.25, -0.2) is 0 Å². The van der Waals surface area contributed by atoms with E-state index < -0.39 is 22.1 Å². The van der Waals surface area contributed by atoms with Gasteiger partial charge in [0.2, 0.25) is 5.91 Å². The Morgan fingerprint density at radius 3 is 2.39 bits per heavy atom. The van der Waals surface area contributed by atoms with E-state index in [-0.39, 0.29) is 5.56 Å². The molecule has 0 heterocycles. The summed E-state index contributed by atoms with van der Waals surface area (Å²) in [6.45, 7) is 0. The first-order valence-corrected chi connectivity index (χ1v) is 6.28.